The van der Waals surface area contributed by atoms with Gasteiger partial charge in [0.15, 0.2) is 6.10 Å². The first-order valence-electron chi connectivity index (χ1n) is 4.47. The third-order valence-corrected chi connectivity index (χ3v) is 2.62. The molecule has 0 aromatic heterocycles. The minimum Gasteiger partial charge on any atom is -0.480 e. The Kier molecular flexibility index (Phi) is 4.26. The predicted octanol–water partition coefficient (Wildman–Crippen LogP) is 1.34. The molecular weight excluding hydrogens is 292 g/mol. The summed E-state index contributed by atoms with van der Waals surface area (Å²) in [4.78, 5) is 11.1. The van der Waals surface area contributed by atoms with Crippen molar-refractivity contribution in [3.63, 3.8) is 0 Å². The molecular formula is C10H11BrN2O2S. The van der Waals surface area contributed by atoms with Crippen molar-refractivity contribution in [2.45, 2.75) is 13.0 Å². The maximum Gasteiger partial charge on any atom is 0.258 e. The molecule has 1 amide bonds. The fourth-order valence-electron chi connectivity index (χ4n) is 1.05. The fraction of sp³-hybridized carbons (Fsp3) is 0.200. The lowest BCUT2D eigenvalue weighted by molar-refractivity contribution is -0.123. The number of nitrogens with two attached hydrogens (primary N) is 2. The molecule has 4 N–H and O–H groups in total. The van der Waals surface area contributed by atoms with Gasteiger partial charge in [-0.1, -0.05) is 28.1 Å². The van der Waals surface area contributed by atoms with Crippen LogP contribution in [0.4, 0.5) is 0 Å². The summed E-state index contributed by atoms with van der Waals surface area (Å²) in [5, 5.41) is 0. The molecule has 1 aromatic rings. The summed E-state index contributed by atoms with van der Waals surface area (Å²) in [6.07, 6.45) is -0.728. The average molecular weight is 303 g/mol. The van der Waals surface area contributed by atoms with Crippen molar-refractivity contribution >= 4 is 39.0 Å². The molecule has 6 heteroatoms. The van der Waals surface area contributed by atoms with Crippen LogP contribution in [0.15, 0.2) is 22.7 Å². The molecule has 0 aliphatic carbocycles. The number of thiocarbonyl (C=S) groups is 1. The Labute approximate surface area is 107 Å². The van der Waals surface area contributed by atoms with Crippen molar-refractivity contribution in [2.75, 3.05) is 0 Å². The third kappa shape index (κ3) is 3.18. The molecule has 0 radical (unpaired) electrons. The van der Waals surface area contributed by atoms with Crippen LogP contribution >= 0.6 is 28.1 Å². The number of carbonyl (C=O) groups excluding carboxylic acids is 1. The van der Waals surface area contributed by atoms with Crippen molar-refractivity contribution < 1.29 is 9.53 Å². The lowest BCUT2D eigenvalue weighted by Crippen LogP contribution is -2.31. The van der Waals surface area contributed by atoms with Gasteiger partial charge in [-0.3, -0.25) is 4.79 Å². The lowest BCUT2D eigenvalue weighted by atomic mass is 10.2. The van der Waals surface area contributed by atoms with Crippen LogP contribution in [-0.2, 0) is 4.79 Å². The van der Waals surface area contributed by atoms with Crippen LogP contribution in [0.3, 0.4) is 0 Å². The molecule has 0 saturated heterocycles. The first-order valence-corrected chi connectivity index (χ1v) is 5.67. The number of benzene rings is 1. The van der Waals surface area contributed by atoms with Gasteiger partial charge in [-0.05, 0) is 25.1 Å². The number of ether oxygens (including phenoxy) is 1. The summed E-state index contributed by atoms with van der Waals surface area (Å²) in [5.74, 6) is -0.0983. The Morgan fingerprint density at radius 2 is 2.12 bits per heavy atom. The average Bonchev–Trinajstić information content (AvgIpc) is 2.20. The highest BCUT2D eigenvalue weighted by atomic mass is 79.9. The van der Waals surface area contributed by atoms with Gasteiger partial charge in [0.1, 0.15) is 10.7 Å². The highest BCUT2D eigenvalue weighted by molar-refractivity contribution is 9.10. The van der Waals surface area contributed by atoms with Gasteiger partial charge in [0.2, 0.25) is 0 Å². The van der Waals surface area contributed by atoms with Gasteiger partial charge in [-0.25, -0.2) is 0 Å². The van der Waals surface area contributed by atoms with E-state index in [1.165, 1.54) is 0 Å². The Morgan fingerprint density at radius 3 is 2.62 bits per heavy atom. The summed E-state index contributed by atoms with van der Waals surface area (Å²) < 4.78 is 6.19. The third-order valence-electron chi connectivity index (χ3n) is 1.91. The monoisotopic (exact) mass is 302 g/mol. The van der Waals surface area contributed by atoms with E-state index in [0.717, 1.165) is 4.47 Å². The summed E-state index contributed by atoms with van der Waals surface area (Å²) in [7, 11) is 0. The molecule has 0 aliphatic rings. The number of hydrogen-bond acceptors (Lipinski definition) is 3. The van der Waals surface area contributed by atoms with E-state index in [1.54, 1.807) is 25.1 Å². The highest BCUT2D eigenvalue weighted by Gasteiger charge is 2.14. The van der Waals surface area contributed by atoms with Gasteiger partial charge in [0, 0.05) is 4.47 Å². The molecule has 86 valence electrons. The van der Waals surface area contributed by atoms with E-state index in [9.17, 15) is 4.79 Å². The van der Waals surface area contributed by atoms with E-state index in [1.807, 2.05) is 0 Å². The molecule has 1 unspecified atom stereocenters. The van der Waals surface area contributed by atoms with Gasteiger partial charge in [0.25, 0.3) is 5.91 Å². The Morgan fingerprint density at radius 1 is 1.50 bits per heavy atom. The minimum absolute atomic E-state index is 0.202. The van der Waals surface area contributed by atoms with Crippen LogP contribution in [0.2, 0.25) is 0 Å². The summed E-state index contributed by atoms with van der Waals surface area (Å²) in [5.41, 5.74) is 11.2. The van der Waals surface area contributed by atoms with E-state index in [4.69, 9.17) is 28.4 Å². The summed E-state index contributed by atoms with van der Waals surface area (Å²) in [6.45, 7) is 1.56. The van der Waals surface area contributed by atoms with Gasteiger partial charge in [-0.15, -0.1) is 0 Å². The Hall–Kier alpha value is -1.14. The molecule has 0 saturated carbocycles. The molecule has 0 bridgehead atoms. The first kappa shape index (κ1) is 12.9. The molecule has 1 aromatic carbocycles. The number of halogens is 1. The lowest BCUT2D eigenvalue weighted by Gasteiger charge is -2.14. The standard InChI is InChI=1S/C10H11BrN2O2S/c1-5(9(12)14)15-8-3-2-6(11)4-7(8)10(13)16/h2-5H,1H3,(H2,12,14)(H2,13,16). The zero-order chi connectivity index (χ0) is 12.3. The quantitative estimate of drug-likeness (QED) is 0.823. The van der Waals surface area contributed by atoms with Crippen molar-refractivity contribution in [2.24, 2.45) is 11.5 Å². The topological polar surface area (TPSA) is 78.3 Å². The second kappa shape index (κ2) is 5.27. The maximum absolute atomic E-state index is 10.9. The largest absolute Gasteiger partial charge is 0.480 e. The number of primary amides is 1. The van der Waals surface area contributed by atoms with Crippen LogP contribution < -0.4 is 16.2 Å². The second-order valence-corrected chi connectivity index (χ2v) is 4.52. The van der Waals surface area contributed by atoms with Crippen molar-refractivity contribution in [3.8, 4) is 5.75 Å². The van der Waals surface area contributed by atoms with E-state index < -0.39 is 12.0 Å². The Balaban J connectivity index is 3.04. The van der Waals surface area contributed by atoms with Crippen LogP contribution in [0, 0.1) is 0 Å². The molecule has 1 atom stereocenters. The summed E-state index contributed by atoms with van der Waals surface area (Å²) >= 11 is 8.19. The molecule has 16 heavy (non-hydrogen) atoms. The van der Waals surface area contributed by atoms with Crippen LogP contribution in [-0.4, -0.2) is 17.0 Å². The van der Waals surface area contributed by atoms with Gasteiger partial charge < -0.3 is 16.2 Å². The fourth-order valence-corrected chi connectivity index (χ4v) is 1.57. The van der Waals surface area contributed by atoms with Gasteiger partial charge >= 0.3 is 0 Å². The van der Waals surface area contributed by atoms with E-state index >= 15 is 0 Å². The molecule has 4 nitrogen and oxygen atoms in total. The predicted molar refractivity (Wildman–Crippen MR) is 69.3 cm³/mol. The van der Waals surface area contributed by atoms with E-state index in [2.05, 4.69) is 15.9 Å². The second-order valence-electron chi connectivity index (χ2n) is 3.17. The number of carbonyl (C=O) groups is 1. The van der Waals surface area contributed by atoms with E-state index in [-0.39, 0.29) is 4.99 Å². The number of rotatable bonds is 4. The first-order chi connectivity index (χ1) is 7.41. The van der Waals surface area contributed by atoms with Crippen molar-refractivity contribution in [1.29, 1.82) is 0 Å². The van der Waals surface area contributed by atoms with Crippen LogP contribution in [0.5, 0.6) is 5.75 Å². The maximum atomic E-state index is 10.9. The van der Waals surface area contributed by atoms with Crippen LogP contribution in [0.1, 0.15) is 12.5 Å². The zero-order valence-electron chi connectivity index (χ0n) is 8.57. The molecule has 1 rings (SSSR count). The summed E-state index contributed by atoms with van der Waals surface area (Å²) in [6, 6.07) is 5.17. The van der Waals surface area contributed by atoms with Crippen molar-refractivity contribution in [3.05, 3.63) is 28.2 Å². The molecule has 0 fully saturated rings. The SMILES string of the molecule is CC(Oc1ccc(Br)cc1C(N)=S)C(N)=O. The van der Waals surface area contributed by atoms with Gasteiger partial charge in [-0.2, -0.15) is 0 Å². The van der Waals surface area contributed by atoms with Crippen LogP contribution in [0.25, 0.3) is 0 Å². The Bertz CT molecular complexity index is 437. The molecule has 0 heterocycles. The minimum atomic E-state index is -0.728. The smallest absolute Gasteiger partial charge is 0.258 e. The molecule has 0 aliphatic heterocycles. The van der Waals surface area contributed by atoms with Gasteiger partial charge in [0.05, 0.1) is 5.56 Å². The normalized spacial score (nSPS) is 11.9. The number of amides is 1. The molecule has 0 spiro atoms. The zero-order valence-corrected chi connectivity index (χ0v) is 11.0. The van der Waals surface area contributed by atoms with E-state index in [0.29, 0.717) is 11.3 Å². The highest BCUT2D eigenvalue weighted by Crippen LogP contribution is 2.24. The van der Waals surface area contributed by atoms with Crippen molar-refractivity contribution in [1.82, 2.24) is 0 Å². The number of hydrogen-bond donors (Lipinski definition) is 2.